The normalized spacial score (nSPS) is 14.9. The number of anilines is 3. The Morgan fingerprint density at radius 2 is 0.556 bits per heavy atom. The third kappa shape index (κ3) is 5.38. The summed E-state index contributed by atoms with van der Waals surface area (Å²) in [4.78, 5) is 2.53. The van der Waals surface area contributed by atoms with Gasteiger partial charge in [0.2, 0.25) is 0 Å². The van der Waals surface area contributed by atoms with Crippen LogP contribution in [0.4, 0.5) is 17.1 Å². The van der Waals surface area contributed by atoms with Gasteiger partial charge in [-0.2, -0.15) is 0 Å². The van der Waals surface area contributed by atoms with Crippen molar-refractivity contribution in [3.05, 3.63) is 316 Å². The number of fused-ring (bicyclic) bond motifs is 19. The fraction of sp³-hybridized carbons (Fsp3) is 0.0704. The van der Waals surface area contributed by atoms with Crippen molar-refractivity contribution in [2.45, 2.75) is 30.1 Å². The summed E-state index contributed by atoms with van der Waals surface area (Å²) in [5.74, 6) is 0. The second kappa shape index (κ2) is 15.1. The van der Waals surface area contributed by atoms with Gasteiger partial charge in [-0.3, -0.25) is 0 Å². The smallest absolute Gasteiger partial charge is 0.0726 e. The molecule has 0 atom stereocenters. The lowest BCUT2D eigenvalue weighted by atomic mass is 9.55. The first-order chi connectivity index (χ1) is 35.5. The summed E-state index contributed by atoms with van der Waals surface area (Å²) in [6, 6.07) is 98.6. The first-order valence-corrected chi connectivity index (χ1v) is 25.4. The third-order valence-electron chi connectivity index (χ3n) is 16.9. The summed E-state index contributed by atoms with van der Waals surface area (Å²) in [6.45, 7) is 4.80. The minimum absolute atomic E-state index is 0.186. The second-order valence-corrected chi connectivity index (χ2v) is 20.7. The molecule has 0 radical (unpaired) electrons. The maximum absolute atomic E-state index is 2.54. The van der Waals surface area contributed by atoms with Crippen LogP contribution in [0.25, 0.3) is 55.6 Å². The van der Waals surface area contributed by atoms with E-state index in [0.717, 1.165) is 17.1 Å². The highest BCUT2D eigenvalue weighted by Crippen LogP contribution is 2.65. The summed E-state index contributed by atoms with van der Waals surface area (Å²) in [7, 11) is 0. The van der Waals surface area contributed by atoms with Gasteiger partial charge in [-0.15, -0.1) is 0 Å². The van der Waals surface area contributed by atoms with Gasteiger partial charge in [-0.25, -0.2) is 0 Å². The van der Waals surface area contributed by atoms with Crippen LogP contribution in [0.1, 0.15) is 69.5 Å². The van der Waals surface area contributed by atoms with Crippen molar-refractivity contribution in [2.75, 3.05) is 4.90 Å². The van der Waals surface area contributed by atoms with Crippen molar-refractivity contribution in [1.29, 1.82) is 0 Å². The molecule has 11 aromatic rings. The van der Waals surface area contributed by atoms with Gasteiger partial charge < -0.3 is 4.90 Å². The Morgan fingerprint density at radius 3 is 1.04 bits per heavy atom. The number of hydrogen-bond acceptors (Lipinski definition) is 1. The average Bonchev–Trinajstić information content (AvgIpc) is 4.03. The number of nitrogens with zero attached hydrogens (tertiary/aromatic N) is 1. The quantitative estimate of drug-likeness (QED) is 0.166. The SMILES string of the molecule is CC1(C)c2ccccc2C2(c3ccccc3-c3ccc(N(c4cccc(-c5ccccc5)c4)c4ccc5c(c4)C4(c6ccccc6-c6ccccc64)c4cc(-c6ccccc6)ccc4-5)cc32)c2ccccc21. The van der Waals surface area contributed by atoms with Crippen molar-refractivity contribution in [1.82, 2.24) is 0 Å². The molecule has 4 aliphatic rings. The summed E-state index contributed by atoms with van der Waals surface area (Å²) in [5, 5.41) is 0. The van der Waals surface area contributed by atoms with Crippen LogP contribution in [0.5, 0.6) is 0 Å². The lowest BCUT2D eigenvalue weighted by Gasteiger charge is -2.46. The lowest BCUT2D eigenvalue weighted by Crippen LogP contribution is -2.40. The lowest BCUT2D eigenvalue weighted by molar-refractivity contribution is 0.563. The molecule has 11 aromatic carbocycles. The van der Waals surface area contributed by atoms with Gasteiger partial charge in [-0.1, -0.05) is 232 Å². The molecule has 338 valence electrons. The van der Waals surface area contributed by atoms with E-state index >= 15 is 0 Å². The molecule has 0 bridgehead atoms. The molecule has 0 heterocycles. The molecule has 15 rings (SSSR count). The monoisotopic (exact) mass is 915 g/mol. The molecule has 1 heteroatoms. The molecule has 72 heavy (non-hydrogen) atoms. The van der Waals surface area contributed by atoms with E-state index in [-0.39, 0.29) is 5.41 Å². The fourth-order valence-corrected chi connectivity index (χ4v) is 14.0. The zero-order valence-electron chi connectivity index (χ0n) is 40.3. The molecule has 1 nitrogen and oxygen atoms in total. The molecule has 0 saturated carbocycles. The van der Waals surface area contributed by atoms with Gasteiger partial charge in [0.1, 0.15) is 0 Å². The first kappa shape index (κ1) is 41.0. The van der Waals surface area contributed by atoms with Crippen LogP contribution in [0.3, 0.4) is 0 Å². The summed E-state index contributed by atoms with van der Waals surface area (Å²) in [6.07, 6.45) is 0. The van der Waals surface area contributed by atoms with E-state index < -0.39 is 10.8 Å². The number of benzene rings is 11. The highest BCUT2D eigenvalue weighted by Gasteiger charge is 2.54. The van der Waals surface area contributed by atoms with Crippen molar-refractivity contribution in [3.63, 3.8) is 0 Å². The van der Waals surface area contributed by atoms with E-state index in [9.17, 15) is 0 Å². The van der Waals surface area contributed by atoms with Gasteiger partial charge in [0.25, 0.3) is 0 Å². The second-order valence-electron chi connectivity index (χ2n) is 20.7. The van der Waals surface area contributed by atoms with Crippen molar-refractivity contribution in [2.24, 2.45) is 0 Å². The molecular formula is C71H49N. The highest BCUT2D eigenvalue weighted by atomic mass is 15.1. The Kier molecular flexibility index (Phi) is 8.62. The molecule has 0 fully saturated rings. The number of rotatable bonds is 5. The Bertz CT molecular complexity index is 3930. The maximum Gasteiger partial charge on any atom is 0.0726 e. The van der Waals surface area contributed by atoms with E-state index in [1.54, 1.807) is 0 Å². The minimum Gasteiger partial charge on any atom is -0.310 e. The summed E-state index contributed by atoms with van der Waals surface area (Å²) >= 11 is 0. The zero-order chi connectivity index (χ0) is 47.8. The highest BCUT2D eigenvalue weighted by molar-refractivity contribution is 5.98. The van der Waals surface area contributed by atoms with Gasteiger partial charge in [0.15, 0.2) is 0 Å². The van der Waals surface area contributed by atoms with Crippen LogP contribution >= 0.6 is 0 Å². The maximum atomic E-state index is 2.54. The van der Waals surface area contributed by atoms with Gasteiger partial charge in [0, 0.05) is 22.5 Å². The number of hydrogen-bond donors (Lipinski definition) is 0. The van der Waals surface area contributed by atoms with Crippen molar-refractivity contribution in [3.8, 4) is 55.6 Å². The Balaban J connectivity index is 1.01. The minimum atomic E-state index is -0.540. The molecule has 0 N–H and O–H groups in total. The molecule has 4 aliphatic carbocycles. The molecule has 0 unspecified atom stereocenters. The summed E-state index contributed by atoms with van der Waals surface area (Å²) < 4.78 is 0. The summed E-state index contributed by atoms with van der Waals surface area (Å²) in [5.41, 5.74) is 28.1. The molecular weight excluding hydrogens is 867 g/mol. The van der Waals surface area contributed by atoms with E-state index in [1.165, 1.54) is 111 Å². The standard InChI is InChI=1S/C71H49N/c1-69(2)62-32-15-17-34-64(62)71(65-35-18-16-33-63(65)69)61-31-14-11-28-55(61)57-40-37-52(45-68(57)71)72(50-25-19-24-48(42-50)46-20-5-3-6-21-46)51-38-41-58-56-39-36-49(47-22-7-4-8-23-47)43-66(56)70(67(58)44-51)59-29-12-9-26-53(59)54-27-10-13-30-60(54)70/h3-45H,1-2H3. The third-order valence-corrected chi connectivity index (χ3v) is 16.9. The van der Waals surface area contributed by atoms with Crippen molar-refractivity contribution < 1.29 is 0 Å². The Morgan fingerprint density at radius 1 is 0.222 bits per heavy atom. The molecule has 0 aliphatic heterocycles. The van der Waals surface area contributed by atoms with Crippen LogP contribution in [-0.2, 0) is 16.2 Å². The molecule has 0 saturated heterocycles. The first-order valence-electron chi connectivity index (χ1n) is 25.4. The molecule has 2 spiro atoms. The average molecular weight is 916 g/mol. The van der Waals surface area contributed by atoms with Crippen LogP contribution in [0.2, 0.25) is 0 Å². The van der Waals surface area contributed by atoms with Crippen molar-refractivity contribution >= 4 is 17.1 Å². The Labute approximate surface area is 422 Å². The van der Waals surface area contributed by atoms with Crippen LogP contribution < -0.4 is 4.90 Å². The molecule has 0 aromatic heterocycles. The van der Waals surface area contributed by atoms with Crippen LogP contribution in [-0.4, -0.2) is 0 Å². The predicted molar refractivity (Wildman–Crippen MR) is 298 cm³/mol. The van der Waals surface area contributed by atoms with Gasteiger partial charge >= 0.3 is 0 Å². The van der Waals surface area contributed by atoms with Crippen LogP contribution in [0, 0.1) is 0 Å². The van der Waals surface area contributed by atoms with Crippen LogP contribution in [0.15, 0.2) is 261 Å². The van der Waals surface area contributed by atoms with E-state index in [2.05, 4.69) is 280 Å². The zero-order valence-corrected chi connectivity index (χ0v) is 40.3. The predicted octanol–water partition coefficient (Wildman–Crippen LogP) is 17.8. The fourth-order valence-electron chi connectivity index (χ4n) is 14.0. The van der Waals surface area contributed by atoms with Gasteiger partial charge in [0.05, 0.1) is 10.8 Å². The van der Waals surface area contributed by atoms with E-state index in [1.807, 2.05) is 0 Å². The Hall–Kier alpha value is -8.78. The van der Waals surface area contributed by atoms with E-state index in [0.29, 0.717) is 0 Å². The largest absolute Gasteiger partial charge is 0.310 e. The van der Waals surface area contributed by atoms with E-state index in [4.69, 9.17) is 0 Å². The topological polar surface area (TPSA) is 3.24 Å². The molecule has 0 amide bonds. The van der Waals surface area contributed by atoms with Gasteiger partial charge in [-0.05, 0) is 154 Å².